The molecule has 0 radical (unpaired) electrons. The smallest absolute Gasteiger partial charge is 0.411 e. The summed E-state index contributed by atoms with van der Waals surface area (Å²) < 4.78 is 30.8. The highest BCUT2D eigenvalue weighted by Crippen LogP contribution is 2.89. The van der Waals surface area contributed by atoms with Gasteiger partial charge in [0.05, 0.1) is 37.1 Å². The van der Waals surface area contributed by atoms with E-state index in [2.05, 4.69) is 34.6 Å². The zero-order valence-electron chi connectivity index (χ0n) is 34.0. The SMILES string of the molecule is CCO[C@@H]([C@H]1C[C@@H](C)[C@H]2[C@H](O1)[C@H](O)[C@@]1(C)[C@@H]3CC[C@H]4C(C)(C)[C@@H](OC(=O)[C@H]5COCCN5C(=O)OC(C)(C)C)CCC45C[C@@]35CC[C@]21C)C(C)(C)O. The van der Waals surface area contributed by atoms with Gasteiger partial charge in [-0.15, -0.1) is 0 Å². The fraction of sp³-hybridized carbons (Fsp3) is 0.952. The molecule has 2 heterocycles. The van der Waals surface area contributed by atoms with Gasteiger partial charge in [0.25, 0.3) is 0 Å². The molecule has 5 saturated carbocycles. The maximum Gasteiger partial charge on any atom is 0.411 e. The second kappa shape index (κ2) is 12.5. The zero-order chi connectivity index (χ0) is 38.0. The van der Waals surface area contributed by atoms with E-state index in [9.17, 15) is 19.8 Å². The zero-order valence-corrected chi connectivity index (χ0v) is 34.0. The van der Waals surface area contributed by atoms with Crippen molar-refractivity contribution in [2.24, 2.45) is 50.7 Å². The van der Waals surface area contributed by atoms with Crippen LogP contribution in [0.2, 0.25) is 0 Å². The first kappa shape index (κ1) is 38.8. The fourth-order valence-corrected chi connectivity index (χ4v) is 14.2. The molecule has 5 aliphatic carbocycles. The lowest BCUT2D eigenvalue weighted by atomic mass is 9.41. The van der Waals surface area contributed by atoms with Crippen LogP contribution in [0.1, 0.15) is 128 Å². The Bertz CT molecular complexity index is 1400. The summed E-state index contributed by atoms with van der Waals surface area (Å²) in [4.78, 5) is 28.4. The van der Waals surface area contributed by atoms with Gasteiger partial charge in [0.1, 0.15) is 17.8 Å². The summed E-state index contributed by atoms with van der Waals surface area (Å²) in [7, 11) is 0. The molecule has 10 nitrogen and oxygen atoms in total. The summed E-state index contributed by atoms with van der Waals surface area (Å²) in [5.74, 6) is 0.963. The molecule has 52 heavy (non-hydrogen) atoms. The molecule has 10 heteroatoms. The van der Waals surface area contributed by atoms with Gasteiger partial charge in [-0.2, -0.15) is 0 Å². The standard InChI is InChI=1S/C42H69NO9/c1-12-49-33(38(8,9)47)26-21-24(2)30-31(50-26)32(44)40(11)28-14-13-27-37(6,7)29(15-16-41(27)23-42(28,41)18-17-39(30,40)10)51-34(45)25-22-48-20-19-43(25)35(46)52-36(3,4)5/h24-33,44,47H,12-23H2,1-11H3/t24-,25-,26-,27+,28+,29+,30+,31+,32+,33+,39-,40-,41?,42+/m1/s1. The second-order valence-electron chi connectivity index (χ2n) is 20.8. The van der Waals surface area contributed by atoms with Gasteiger partial charge in [-0.1, -0.05) is 34.6 Å². The Kier molecular flexibility index (Phi) is 9.34. The van der Waals surface area contributed by atoms with Gasteiger partial charge < -0.3 is 33.9 Å². The Hall–Kier alpha value is -1.46. The number of hydrogen-bond donors (Lipinski definition) is 2. The number of esters is 1. The highest BCUT2D eigenvalue weighted by molar-refractivity contribution is 5.82. The number of nitrogens with zero attached hydrogens (tertiary/aromatic N) is 1. The van der Waals surface area contributed by atoms with Crippen molar-refractivity contribution in [3.63, 3.8) is 0 Å². The number of rotatable bonds is 6. The minimum absolute atomic E-state index is 0.0613. The summed E-state index contributed by atoms with van der Waals surface area (Å²) >= 11 is 0. The van der Waals surface area contributed by atoms with Crippen LogP contribution in [0.4, 0.5) is 4.79 Å². The minimum Gasteiger partial charge on any atom is -0.460 e. The third-order valence-electron chi connectivity index (χ3n) is 16.4. The summed E-state index contributed by atoms with van der Waals surface area (Å²) in [5.41, 5.74) is -1.98. The van der Waals surface area contributed by atoms with E-state index in [1.165, 1.54) is 17.7 Å². The molecule has 14 atom stereocenters. The van der Waals surface area contributed by atoms with Crippen molar-refractivity contribution < 1.29 is 43.5 Å². The molecule has 7 fully saturated rings. The van der Waals surface area contributed by atoms with Crippen LogP contribution >= 0.6 is 0 Å². The maximum atomic E-state index is 13.8. The number of aliphatic hydroxyl groups is 2. The topological polar surface area (TPSA) is 124 Å². The van der Waals surface area contributed by atoms with Gasteiger partial charge >= 0.3 is 12.1 Å². The normalized spacial score (nSPS) is 47.2. The quantitative estimate of drug-likeness (QED) is 0.294. The van der Waals surface area contributed by atoms with E-state index in [0.717, 1.165) is 38.5 Å². The number of carbonyl (C=O) groups excluding carboxylic acids is 2. The molecule has 2 N–H and O–H groups in total. The van der Waals surface area contributed by atoms with E-state index >= 15 is 0 Å². The van der Waals surface area contributed by atoms with Gasteiger partial charge in [0, 0.05) is 24.0 Å². The van der Waals surface area contributed by atoms with Crippen molar-refractivity contribution in [2.45, 2.75) is 175 Å². The Morgan fingerprint density at radius 1 is 0.981 bits per heavy atom. The van der Waals surface area contributed by atoms with Crippen molar-refractivity contribution in [3.05, 3.63) is 0 Å². The summed E-state index contributed by atoms with van der Waals surface area (Å²) in [5, 5.41) is 23.7. The average Bonchev–Trinajstić information content (AvgIpc) is 3.68. The molecule has 2 spiro atoms. The number of aliphatic hydroxyl groups excluding tert-OH is 1. The molecule has 0 aromatic carbocycles. The highest BCUT2D eigenvalue weighted by atomic mass is 16.6. The fourth-order valence-electron chi connectivity index (χ4n) is 14.2. The number of ether oxygens (including phenoxy) is 5. The number of carbonyl (C=O) groups is 2. The molecule has 2 saturated heterocycles. The molecule has 0 bridgehead atoms. The van der Waals surface area contributed by atoms with Crippen LogP contribution in [-0.2, 0) is 28.5 Å². The van der Waals surface area contributed by atoms with Crippen molar-refractivity contribution in [1.29, 1.82) is 0 Å². The van der Waals surface area contributed by atoms with Crippen LogP contribution < -0.4 is 0 Å². The molecular weight excluding hydrogens is 662 g/mol. The molecule has 7 aliphatic rings. The molecule has 296 valence electrons. The molecule has 0 aromatic rings. The van der Waals surface area contributed by atoms with Gasteiger partial charge in [-0.25, -0.2) is 9.59 Å². The number of amides is 1. The number of fused-ring (bicyclic) bond motifs is 4. The molecule has 1 unspecified atom stereocenters. The minimum atomic E-state index is -1.05. The van der Waals surface area contributed by atoms with E-state index in [0.29, 0.717) is 37.5 Å². The predicted molar refractivity (Wildman–Crippen MR) is 195 cm³/mol. The lowest BCUT2D eigenvalue weighted by Crippen LogP contribution is -2.60. The molecular formula is C42H69NO9. The first-order valence-electron chi connectivity index (χ1n) is 20.5. The molecule has 1 amide bonds. The molecule has 0 aromatic heterocycles. The highest BCUT2D eigenvalue weighted by Gasteiger charge is 2.85. The third-order valence-corrected chi connectivity index (χ3v) is 16.4. The van der Waals surface area contributed by atoms with Crippen molar-refractivity contribution >= 4 is 12.1 Å². The van der Waals surface area contributed by atoms with Crippen LogP contribution in [0, 0.1) is 50.7 Å². The Labute approximate surface area is 312 Å². The van der Waals surface area contributed by atoms with E-state index in [1.54, 1.807) is 13.8 Å². The summed E-state index contributed by atoms with van der Waals surface area (Å²) in [6, 6.07) is -0.821. The lowest BCUT2D eigenvalue weighted by Gasteiger charge is -2.63. The van der Waals surface area contributed by atoms with Crippen molar-refractivity contribution in [1.82, 2.24) is 4.90 Å². The second-order valence-corrected chi connectivity index (χ2v) is 20.8. The first-order valence-corrected chi connectivity index (χ1v) is 20.5. The lowest BCUT2D eigenvalue weighted by molar-refractivity contribution is -0.215. The van der Waals surface area contributed by atoms with Crippen LogP contribution in [0.5, 0.6) is 0 Å². The van der Waals surface area contributed by atoms with Crippen molar-refractivity contribution in [2.75, 3.05) is 26.4 Å². The van der Waals surface area contributed by atoms with E-state index < -0.39 is 41.5 Å². The van der Waals surface area contributed by atoms with Crippen molar-refractivity contribution in [3.8, 4) is 0 Å². The van der Waals surface area contributed by atoms with Gasteiger partial charge in [-0.3, -0.25) is 4.90 Å². The van der Waals surface area contributed by atoms with E-state index in [-0.39, 0.29) is 57.9 Å². The molecule has 2 aliphatic heterocycles. The third kappa shape index (κ3) is 5.48. The molecule has 7 rings (SSSR count). The van der Waals surface area contributed by atoms with E-state index in [4.69, 9.17) is 23.7 Å². The maximum absolute atomic E-state index is 13.8. The van der Waals surface area contributed by atoms with Crippen LogP contribution in [-0.4, -0.2) is 101 Å². The number of hydrogen-bond acceptors (Lipinski definition) is 9. The largest absolute Gasteiger partial charge is 0.460 e. The Morgan fingerprint density at radius 2 is 1.65 bits per heavy atom. The van der Waals surface area contributed by atoms with Gasteiger partial charge in [0.15, 0.2) is 6.04 Å². The monoisotopic (exact) mass is 731 g/mol. The van der Waals surface area contributed by atoms with E-state index in [1.807, 2.05) is 27.7 Å². The number of morpholine rings is 1. The van der Waals surface area contributed by atoms with Crippen LogP contribution in [0.25, 0.3) is 0 Å². The summed E-state index contributed by atoms with van der Waals surface area (Å²) in [6.07, 6.45) is 5.77. The summed E-state index contributed by atoms with van der Waals surface area (Å²) in [6.45, 7) is 24.1. The first-order chi connectivity index (χ1) is 24.1. The van der Waals surface area contributed by atoms with Crippen LogP contribution in [0.3, 0.4) is 0 Å². The van der Waals surface area contributed by atoms with Gasteiger partial charge in [-0.05, 0) is 133 Å². The average molecular weight is 732 g/mol. The Morgan fingerprint density at radius 3 is 2.31 bits per heavy atom. The predicted octanol–water partition coefficient (Wildman–Crippen LogP) is 6.52. The Balaban J connectivity index is 1.10. The van der Waals surface area contributed by atoms with Gasteiger partial charge in [0.2, 0.25) is 0 Å². The van der Waals surface area contributed by atoms with Crippen LogP contribution in [0.15, 0.2) is 0 Å².